The Bertz CT molecular complexity index is 1210. The summed E-state index contributed by atoms with van der Waals surface area (Å²) in [6.07, 6.45) is 0. The summed E-state index contributed by atoms with van der Waals surface area (Å²) in [5, 5.41) is 5.61. The lowest BCUT2D eigenvalue weighted by Crippen LogP contribution is -2.42. The van der Waals surface area contributed by atoms with E-state index < -0.39 is 6.04 Å². The van der Waals surface area contributed by atoms with Crippen LogP contribution in [-0.4, -0.2) is 24.0 Å². The van der Waals surface area contributed by atoms with Crippen LogP contribution in [0.3, 0.4) is 0 Å². The number of ether oxygens (including phenoxy) is 1. The topological polar surface area (TPSA) is 54.5 Å². The third-order valence-electron chi connectivity index (χ3n) is 5.26. The molecule has 1 N–H and O–H groups in total. The maximum atomic E-state index is 13.2. The number of amides is 1. The van der Waals surface area contributed by atoms with Crippen molar-refractivity contribution < 1.29 is 13.9 Å². The van der Waals surface area contributed by atoms with Crippen LogP contribution in [0, 0.1) is 5.82 Å². The van der Waals surface area contributed by atoms with Crippen LogP contribution in [-0.2, 0) is 11.3 Å². The van der Waals surface area contributed by atoms with E-state index >= 15 is 0 Å². The third kappa shape index (κ3) is 5.21. The quantitative estimate of drug-likeness (QED) is 0.360. The minimum atomic E-state index is -0.573. The van der Waals surface area contributed by atoms with Crippen molar-refractivity contribution in [1.29, 1.82) is 0 Å². The van der Waals surface area contributed by atoms with E-state index in [1.54, 1.807) is 19.2 Å². The lowest BCUT2D eigenvalue weighted by Gasteiger charge is -2.29. The van der Waals surface area contributed by atoms with Gasteiger partial charge in [0.2, 0.25) is 5.91 Å². The number of rotatable bonds is 8. The number of para-hydroxylation sites is 2. The molecule has 0 aliphatic heterocycles. The van der Waals surface area contributed by atoms with E-state index in [1.807, 2.05) is 71.8 Å². The SMILES string of the molecule is COc1ccccc1N(c1nc(-c2ccccc2)cs1)[C@H](C)C(=O)NCc1ccc(F)cc1. The Morgan fingerprint density at radius 2 is 1.76 bits per heavy atom. The Balaban J connectivity index is 1.63. The van der Waals surface area contributed by atoms with Gasteiger partial charge in [-0.3, -0.25) is 4.79 Å². The number of anilines is 2. The van der Waals surface area contributed by atoms with E-state index in [-0.39, 0.29) is 11.7 Å². The van der Waals surface area contributed by atoms with Crippen LogP contribution in [0.5, 0.6) is 5.75 Å². The average molecular weight is 462 g/mol. The summed E-state index contributed by atoms with van der Waals surface area (Å²) in [7, 11) is 1.60. The first kappa shape index (κ1) is 22.5. The molecule has 4 rings (SSSR count). The second-order valence-corrected chi connectivity index (χ2v) is 8.28. The number of carbonyl (C=O) groups excluding carboxylic acids is 1. The summed E-state index contributed by atoms with van der Waals surface area (Å²) >= 11 is 1.47. The largest absolute Gasteiger partial charge is 0.495 e. The minimum absolute atomic E-state index is 0.179. The van der Waals surface area contributed by atoms with E-state index in [0.29, 0.717) is 17.4 Å². The molecule has 0 saturated carbocycles. The van der Waals surface area contributed by atoms with Crippen LogP contribution in [0.1, 0.15) is 12.5 Å². The second kappa shape index (κ2) is 10.3. The Morgan fingerprint density at radius 1 is 1.06 bits per heavy atom. The molecule has 0 unspecified atom stereocenters. The summed E-state index contributed by atoms with van der Waals surface area (Å²) < 4.78 is 18.8. The van der Waals surface area contributed by atoms with E-state index in [0.717, 1.165) is 22.5 Å². The van der Waals surface area contributed by atoms with Gasteiger partial charge < -0.3 is 15.0 Å². The molecule has 0 fully saturated rings. The fourth-order valence-corrected chi connectivity index (χ4v) is 4.41. The molecule has 7 heteroatoms. The third-order valence-corrected chi connectivity index (χ3v) is 6.10. The van der Waals surface area contributed by atoms with Crippen LogP contribution in [0.4, 0.5) is 15.2 Å². The maximum absolute atomic E-state index is 13.2. The van der Waals surface area contributed by atoms with Gasteiger partial charge in [0.25, 0.3) is 0 Å². The van der Waals surface area contributed by atoms with Crippen molar-refractivity contribution in [3.8, 4) is 17.0 Å². The Morgan fingerprint density at radius 3 is 2.48 bits per heavy atom. The van der Waals surface area contributed by atoms with E-state index in [4.69, 9.17) is 9.72 Å². The van der Waals surface area contributed by atoms with Gasteiger partial charge >= 0.3 is 0 Å². The standard InChI is InChI=1S/C26H24FN3O2S/c1-18(25(31)28-16-19-12-14-21(27)15-13-19)30(23-10-6-7-11-24(23)32-2)26-29-22(17-33-26)20-8-4-3-5-9-20/h3-15,17-18H,16H2,1-2H3,(H,28,31)/t18-/m1/s1. The molecule has 0 bridgehead atoms. The van der Waals surface area contributed by atoms with Gasteiger partial charge in [0.1, 0.15) is 17.6 Å². The molecule has 3 aromatic carbocycles. The first-order chi connectivity index (χ1) is 16.1. The summed E-state index contributed by atoms with van der Waals surface area (Å²) in [6, 6.07) is 23.0. The fraction of sp³-hybridized carbons (Fsp3) is 0.154. The summed E-state index contributed by atoms with van der Waals surface area (Å²) in [5.74, 6) is 0.160. The number of aromatic nitrogens is 1. The molecule has 33 heavy (non-hydrogen) atoms. The smallest absolute Gasteiger partial charge is 0.243 e. The molecule has 5 nitrogen and oxygen atoms in total. The predicted molar refractivity (Wildman–Crippen MR) is 130 cm³/mol. The van der Waals surface area contributed by atoms with Crippen molar-refractivity contribution in [3.63, 3.8) is 0 Å². The van der Waals surface area contributed by atoms with Crippen LogP contribution in [0.15, 0.2) is 84.2 Å². The summed E-state index contributed by atoms with van der Waals surface area (Å²) in [6.45, 7) is 2.13. The first-order valence-electron chi connectivity index (χ1n) is 10.5. The fourth-order valence-electron chi connectivity index (χ4n) is 3.48. The van der Waals surface area contributed by atoms with Gasteiger partial charge in [-0.1, -0.05) is 54.6 Å². The highest BCUT2D eigenvalue weighted by molar-refractivity contribution is 7.14. The minimum Gasteiger partial charge on any atom is -0.495 e. The van der Waals surface area contributed by atoms with Crippen molar-refractivity contribution in [2.45, 2.75) is 19.5 Å². The summed E-state index contributed by atoms with van der Waals surface area (Å²) in [4.78, 5) is 19.9. The van der Waals surface area contributed by atoms with Crippen molar-refractivity contribution >= 4 is 28.1 Å². The van der Waals surface area contributed by atoms with E-state index in [2.05, 4.69) is 5.32 Å². The van der Waals surface area contributed by atoms with Gasteiger partial charge in [-0.15, -0.1) is 11.3 Å². The molecule has 0 radical (unpaired) electrons. The van der Waals surface area contributed by atoms with Gasteiger partial charge in [0.15, 0.2) is 5.13 Å². The maximum Gasteiger partial charge on any atom is 0.243 e. The molecular weight excluding hydrogens is 437 g/mol. The highest BCUT2D eigenvalue weighted by Crippen LogP contribution is 2.38. The lowest BCUT2D eigenvalue weighted by atomic mass is 10.2. The molecule has 1 atom stereocenters. The van der Waals surface area contributed by atoms with Gasteiger partial charge in [-0.2, -0.15) is 0 Å². The molecular formula is C26H24FN3O2S. The van der Waals surface area contributed by atoms with Crippen molar-refractivity contribution in [3.05, 3.63) is 95.6 Å². The van der Waals surface area contributed by atoms with Crippen molar-refractivity contribution in [2.24, 2.45) is 0 Å². The van der Waals surface area contributed by atoms with Crippen molar-refractivity contribution in [2.75, 3.05) is 12.0 Å². The number of thiazole rings is 1. The molecule has 168 valence electrons. The number of carbonyl (C=O) groups is 1. The number of benzene rings is 3. The summed E-state index contributed by atoms with van der Waals surface area (Å²) in [5.41, 5.74) is 3.42. The molecule has 0 saturated heterocycles. The zero-order valence-electron chi connectivity index (χ0n) is 18.4. The molecule has 0 spiro atoms. The number of halogens is 1. The number of hydrogen-bond acceptors (Lipinski definition) is 5. The number of methoxy groups -OCH3 is 1. The highest BCUT2D eigenvalue weighted by Gasteiger charge is 2.28. The average Bonchev–Trinajstić information content (AvgIpc) is 3.34. The number of nitrogens with one attached hydrogen (secondary N) is 1. The van der Waals surface area contributed by atoms with Gasteiger partial charge in [0.05, 0.1) is 18.5 Å². The molecule has 0 aliphatic rings. The van der Waals surface area contributed by atoms with Gasteiger partial charge in [-0.05, 0) is 36.8 Å². The Kier molecular flexibility index (Phi) is 7.00. The number of hydrogen-bond donors (Lipinski definition) is 1. The van der Waals surface area contributed by atoms with Crippen molar-refractivity contribution in [1.82, 2.24) is 10.3 Å². The Hall–Kier alpha value is -3.71. The molecule has 1 amide bonds. The Labute approximate surface area is 196 Å². The van der Waals surface area contributed by atoms with Crippen LogP contribution >= 0.6 is 11.3 Å². The van der Waals surface area contributed by atoms with Crippen LogP contribution in [0.2, 0.25) is 0 Å². The van der Waals surface area contributed by atoms with E-state index in [9.17, 15) is 9.18 Å². The zero-order chi connectivity index (χ0) is 23.2. The second-order valence-electron chi connectivity index (χ2n) is 7.44. The lowest BCUT2D eigenvalue weighted by molar-refractivity contribution is -0.122. The molecule has 1 heterocycles. The molecule has 1 aromatic heterocycles. The number of nitrogens with zero attached hydrogens (tertiary/aromatic N) is 2. The predicted octanol–water partition coefficient (Wildman–Crippen LogP) is 5.80. The molecule has 0 aliphatic carbocycles. The highest BCUT2D eigenvalue weighted by atomic mass is 32.1. The van der Waals surface area contributed by atoms with Crippen LogP contribution in [0.25, 0.3) is 11.3 Å². The zero-order valence-corrected chi connectivity index (χ0v) is 19.2. The normalized spacial score (nSPS) is 11.6. The van der Waals surface area contributed by atoms with E-state index in [1.165, 1.54) is 23.5 Å². The monoisotopic (exact) mass is 461 g/mol. The van der Waals surface area contributed by atoms with Crippen LogP contribution < -0.4 is 15.0 Å². The van der Waals surface area contributed by atoms with Gasteiger partial charge in [-0.25, -0.2) is 9.37 Å². The first-order valence-corrected chi connectivity index (χ1v) is 11.4. The molecule has 4 aromatic rings. The van der Waals surface area contributed by atoms with Gasteiger partial charge in [0, 0.05) is 17.5 Å².